The first kappa shape index (κ1) is 12.0. The zero-order valence-electron chi connectivity index (χ0n) is 11.1. The number of fused-ring (bicyclic) bond motifs is 2. The van der Waals surface area contributed by atoms with Crippen LogP contribution in [0.25, 0.3) is 0 Å². The molecule has 0 aromatic rings. The largest absolute Gasteiger partial charge is 0.298 e. The monoisotopic (exact) mass is 254 g/mol. The Kier molecular flexibility index (Phi) is 2.63. The summed E-state index contributed by atoms with van der Waals surface area (Å²) in [6.07, 6.45) is 5.04. The van der Waals surface area contributed by atoms with Gasteiger partial charge in [0.25, 0.3) is 0 Å². The fraction of sp³-hybridized carbons (Fsp3) is 0.933. The smallest absolute Gasteiger partial charge is 0.154 e. The van der Waals surface area contributed by atoms with Gasteiger partial charge in [0.1, 0.15) is 0 Å². The molecule has 0 spiro atoms. The van der Waals surface area contributed by atoms with Crippen molar-refractivity contribution in [3.63, 3.8) is 0 Å². The van der Waals surface area contributed by atoms with Crippen LogP contribution in [0, 0.1) is 35.0 Å². The fourth-order valence-electron chi connectivity index (χ4n) is 4.97. The summed E-state index contributed by atoms with van der Waals surface area (Å²) in [5, 5.41) is -0.157. The molecule has 3 rings (SSSR count). The number of rotatable bonds is 1. The van der Waals surface area contributed by atoms with Crippen LogP contribution in [0.3, 0.4) is 0 Å². The molecule has 0 saturated heterocycles. The second-order valence-electron chi connectivity index (χ2n) is 7.22. The molecule has 0 radical (unpaired) electrons. The quantitative estimate of drug-likeness (QED) is 0.649. The van der Waals surface area contributed by atoms with Gasteiger partial charge in [0.15, 0.2) is 5.78 Å². The fourth-order valence-corrected chi connectivity index (χ4v) is 5.40. The highest BCUT2D eigenvalue weighted by Crippen LogP contribution is 2.62. The highest BCUT2D eigenvalue weighted by Gasteiger charge is 2.60. The Morgan fingerprint density at radius 2 is 2.12 bits per heavy atom. The molecule has 6 atom stereocenters. The SMILES string of the molecule is CC(C)[C@@H]1CC[C@]2(C)C[C@@H]3[C@H](Cl)C(=O)[C@@H]3C[C@@H]12. The van der Waals surface area contributed by atoms with Gasteiger partial charge >= 0.3 is 0 Å². The van der Waals surface area contributed by atoms with Gasteiger partial charge in [-0.25, -0.2) is 0 Å². The summed E-state index contributed by atoms with van der Waals surface area (Å²) in [5.41, 5.74) is 0.476. The lowest BCUT2D eigenvalue weighted by Crippen LogP contribution is -2.56. The van der Waals surface area contributed by atoms with E-state index in [0.29, 0.717) is 23.0 Å². The Bertz CT molecular complexity index is 351. The minimum atomic E-state index is -0.157. The van der Waals surface area contributed by atoms with Crippen molar-refractivity contribution in [1.82, 2.24) is 0 Å². The van der Waals surface area contributed by atoms with Crippen LogP contribution in [0.1, 0.15) is 46.5 Å². The zero-order chi connectivity index (χ0) is 12.4. The molecule has 0 aliphatic heterocycles. The van der Waals surface area contributed by atoms with Crippen LogP contribution in [0.2, 0.25) is 0 Å². The third-order valence-electron chi connectivity index (χ3n) is 6.06. The van der Waals surface area contributed by atoms with Gasteiger partial charge in [0, 0.05) is 5.92 Å². The molecular formula is C15H23ClO. The molecule has 96 valence electrons. The lowest BCUT2D eigenvalue weighted by molar-refractivity contribution is -0.141. The molecule has 0 amide bonds. The van der Waals surface area contributed by atoms with Gasteiger partial charge in [-0.1, -0.05) is 20.8 Å². The first-order valence-corrected chi connectivity index (χ1v) is 7.55. The maximum Gasteiger partial charge on any atom is 0.154 e. The Balaban J connectivity index is 1.83. The second kappa shape index (κ2) is 3.73. The van der Waals surface area contributed by atoms with Crippen molar-refractivity contribution in [2.45, 2.75) is 51.8 Å². The average molecular weight is 255 g/mol. The van der Waals surface area contributed by atoms with Gasteiger partial charge in [-0.15, -0.1) is 11.6 Å². The van der Waals surface area contributed by atoms with E-state index in [1.54, 1.807) is 0 Å². The molecule has 0 aromatic carbocycles. The number of halogens is 1. The van der Waals surface area contributed by atoms with Gasteiger partial charge in [0.2, 0.25) is 0 Å². The summed E-state index contributed by atoms with van der Waals surface area (Å²) in [6.45, 7) is 7.13. The molecule has 17 heavy (non-hydrogen) atoms. The van der Waals surface area contributed by atoms with Crippen molar-refractivity contribution in [1.29, 1.82) is 0 Å². The lowest BCUT2D eigenvalue weighted by Gasteiger charge is -2.53. The van der Waals surface area contributed by atoms with Crippen molar-refractivity contribution in [2.75, 3.05) is 0 Å². The van der Waals surface area contributed by atoms with Gasteiger partial charge in [-0.3, -0.25) is 4.79 Å². The summed E-state index contributed by atoms with van der Waals surface area (Å²) < 4.78 is 0. The van der Waals surface area contributed by atoms with E-state index in [1.165, 1.54) is 19.3 Å². The Hall–Kier alpha value is -0.0400. The zero-order valence-corrected chi connectivity index (χ0v) is 11.8. The van der Waals surface area contributed by atoms with E-state index in [1.807, 2.05) is 0 Å². The molecule has 2 heteroatoms. The number of hydrogen-bond acceptors (Lipinski definition) is 1. The van der Waals surface area contributed by atoms with E-state index < -0.39 is 0 Å². The van der Waals surface area contributed by atoms with Crippen molar-refractivity contribution < 1.29 is 4.79 Å². The molecule has 1 nitrogen and oxygen atoms in total. The standard InChI is InChI=1S/C15H23ClO/c1-8(2)9-4-5-15(3)7-11-10(6-12(9)15)14(17)13(11)16/h8-13H,4-7H2,1-3H3/t9-,10+,11-,12-,13-,15+/m0/s1. The summed E-state index contributed by atoms with van der Waals surface area (Å²) in [6, 6.07) is 0. The molecule has 0 N–H and O–H groups in total. The predicted molar refractivity (Wildman–Crippen MR) is 70.0 cm³/mol. The van der Waals surface area contributed by atoms with Crippen LogP contribution in [0.4, 0.5) is 0 Å². The lowest BCUT2D eigenvalue weighted by atomic mass is 9.52. The molecule has 3 fully saturated rings. The van der Waals surface area contributed by atoms with E-state index in [4.69, 9.17) is 11.6 Å². The highest BCUT2D eigenvalue weighted by atomic mass is 35.5. The number of carbonyl (C=O) groups is 1. The molecular weight excluding hydrogens is 232 g/mol. The number of Topliss-reactive ketones (excluding diaryl/α,β-unsaturated/α-hetero) is 1. The van der Waals surface area contributed by atoms with Gasteiger partial charge in [0.05, 0.1) is 5.38 Å². The summed E-state index contributed by atoms with van der Waals surface area (Å²) in [4.78, 5) is 11.8. The minimum Gasteiger partial charge on any atom is -0.298 e. The molecule has 0 aromatic heterocycles. The van der Waals surface area contributed by atoms with E-state index in [9.17, 15) is 4.79 Å². The van der Waals surface area contributed by atoms with Crippen LogP contribution >= 0.6 is 11.6 Å². The van der Waals surface area contributed by atoms with E-state index in [0.717, 1.165) is 24.2 Å². The Morgan fingerprint density at radius 1 is 1.41 bits per heavy atom. The van der Waals surface area contributed by atoms with Gasteiger partial charge in [-0.2, -0.15) is 0 Å². The summed E-state index contributed by atoms with van der Waals surface area (Å²) in [7, 11) is 0. The van der Waals surface area contributed by atoms with Crippen LogP contribution in [-0.2, 0) is 4.79 Å². The van der Waals surface area contributed by atoms with E-state index in [2.05, 4.69) is 20.8 Å². The molecule has 0 heterocycles. The number of carbonyl (C=O) groups excluding carboxylic acids is 1. The summed E-state index contributed by atoms with van der Waals surface area (Å²) >= 11 is 6.17. The Labute approximate surface area is 109 Å². The number of ketones is 1. The number of alkyl halides is 1. The Morgan fingerprint density at radius 3 is 2.76 bits per heavy atom. The van der Waals surface area contributed by atoms with Crippen LogP contribution < -0.4 is 0 Å². The molecule has 0 bridgehead atoms. The van der Waals surface area contributed by atoms with Gasteiger partial charge in [-0.05, 0) is 54.8 Å². The molecule has 0 unspecified atom stereocenters. The van der Waals surface area contributed by atoms with Crippen molar-refractivity contribution in [3.05, 3.63) is 0 Å². The van der Waals surface area contributed by atoms with Crippen LogP contribution in [-0.4, -0.2) is 11.2 Å². The predicted octanol–water partition coefficient (Wildman–Crippen LogP) is 3.89. The first-order chi connectivity index (χ1) is 7.94. The molecule has 3 saturated carbocycles. The second-order valence-corrected chi connectivity index (χ2v) is 7.69. The maximum atomic E-state index is 11.8. The van der Waals surface area contributed by atoms with Crippen LogP contribution in [0.15, 0.2) is 0 Å². The third kappa shape index (κ3) is 1.54. The normalized spacial score (nSPS) is 53.2. The van der Waals surface area contributed by atoms with Gasteiger partial charge < -0.3 is 0 Å². The topological polar surface area (TPSA) is 17.1 Å². The highest BCUT2D eigenvalue weighted by molar-refractivity contribution is 6.34. The van der Waals surface area contributed by atoms with Crippen molar-refractivity contribution in [3.8, 4) is 0 Å². The van der Waals surface area contributed by atoms with E-state index in [-0.39, 0.29) is 5.38 Å². The number of hydrogen-bond donors (Lipinski definition) is 0. The van der Waals surface area contributed by atoms with E-state index >= 15 is 0 Å². The molecule has 3 aliphatic rings. The minimum absolute atomic E-state index is 0.157. The van der Waals surface area contributed by atoms with Crippen molar-refractivity contribution in [2.24, 2.45) is 35.0 Å². The first-order valence-electron chi connectivity index (χ1n) is 7.12. The summed E-state index contributed by atoms with van der Waals surface area (Å²) in [5.74, 6) is 3.53. The maximum absolute atomic E-state index is 11.8. The molecule has 3 aliphatic carbocycles. The average Bonchev–Trinajstić information content (AvgIpc) is 2.63. The van der Waals surface area contributed by atoms with Crippen LogP contribution in [0.5, 0.6) is 0 Å². The third-order valence-corrected chi connectivity index (χ3v) is 6.60. The van der Waals surface area contributed by atoms with Crippen molar-refractivity contribution >= 4 is 17.4 Å².